The molecule has 3 aromatic carbocycles. The van der Waals surface area contributed by atoms with Gasteiger partial charge in [0.15, 0.2) is 5.60 Å². The van der Waals surface area contributed by atoms with E-state index in [1.807, 2.05) is 44.2 Å². The second-order valence-corrected chi connectivity index (χ2v) is 12.8. The first-order valence-corrected chi connectivity index (χ1v) is 15.2. The Morgan fingerprint density at radius 1 is 1.12 bits per heavy atom. The van der Waals surface area contributed by atoms with E-state index in [-0.39, 0.29) is 33.7 Å². The van der Waals surface area contributed by atoms with Crippen molar-refractivity contribution >= 4 is 17.5 Å². The van der Waals surface area contributed by atoms with Crippen molar-refractivity contribution in [2.75, 3.05) is 13.6 Å². The van der Waals surface area contributed by atoms with Crippen LogP contribution in [0.5, 0.6) is 5.75 Å². The van der Waals surface area contributed by atoms with E-state index in [1.54, 1.807) is 6.07 Å². The number of fused-ring (bicyclic) bond motifs is 2. The Labute approximate surface area is 250 Å². The molecule has 1 heterocycles. The van der Waals surface area contributed by atoms with Gasteiger partial charge < -0.3 is 20.5 Å². The maximum atomic E-state index is 16.5. The first kappa shape index (κ1) is 29.1. The van der Waals surface area contributed by atoms with Crippen molar-refractivity contribution in [2.24, 2.45) is 0 Å². The zero-order chi connectivity index (χ0) is 29.8. The van der Waals surface area contributed by atoms with Crippen molar-refractivity contribution in [1.29, 1.82) is 0 Å². The van der Waals surface area contributed by atoms with Gasteiger partial charge in [0.25, 0.3) is 5.91 Å². The van der Waals surface area contributed by atoms with Crippen LogP contribution in [0.25, 0.3) is 11.1 Å². The van der Waals surface area contributed by atoms with Crippen molar-refractivity contribution in [3.63, 3.8) is 0 Å². The Balaban J connectivity index is 1.50. The molecule has 2 atom stereocenters. The number of amides is 1. The Kier molecular flexibility index (Phi) is 7.57. The normalized spacial score (nSPS) is 26.5. The minimum Gasteiger partial charge on any atom is -0.480 e. The molecule has 42 heavy (non-hydrogen) atoms. The number of ether oxygens (including phenoxy) is 1. The highest BCUT2D eigenvalue weighted by atomic mass is 35.5. The number of aryl methyl sites for hydroxylation is 1. The van der Waals surface area contributed by atoms with E-state index in [0.717, 1.165) is 30.4 Å². The van der Waals surface area contributed by atoms with Crippen LogP contribution < -0.4 is 15.4 Å². The van der Waals surface area contributed by atoms with Crippen molar-refractivity contribution < 1.29 is 23.4 Å². The van der Waals surface area contributed by atoms with E-state index in [9.17, 15) is 9.90 Å². The molecule has 3 N–H and O–H groups in total. The number of hydrogen-bond donors (Lipinski definition) is 3. The number of carbonyl (C=O) groups excluding carboxylic acids is 1. The lowest BCUT2D eigenvalue weighted by molar-refractivity contribution is 0.00890. The smallest absolute Gasteiger partial charge is 0.251 e. The molecule has 0 saturated heterocycles. The van der Waals surface area contributed by atoms with Crippen LogP contribution >= 0.6 is 11.6 Å². The van der Waals surface area contributed by atoms with Crippen LogP contribution in [0, 0.1) is 11.6 Å². The third-order valence-electron chi connectivity index (χ3n) is 9.68. The van der Waals surface area contributed by atoms with Crippen LogP contribution in [0.3, 0.4) is 0 Å². The van der Waals surface area contributed by atoms with Gasteiger partial charge in [-0.05, 0) is 74.6 Å². The number of aliphatic hydroxyl groups is 1. The Bertz CT molecular complexity index is 1530. The van der Waals surface area contributed by atoms with Crippen LogP contribution in [0.15, 0.2) is 42.5 Å². The van der Waals surface area contributed by atoms with E-state index < -0.39 is 28.7 Å². The fraction of sp³-hybridized carbons (Fsp3) is 0.441. The highest BCUT2D eigenvalue weighted by Crippen LogP contribution is 2.56. The molecule has 0 radical (unpaired) electrons. The summed E-state index contributed by atoms with van der Waals surface area (Å²) in [5.74, 6) is -1.79. The quantitative estimate of drug-likeness (QED) is 0.293. The SMILES string of the molecule is CNC(=O)c1cc2c(c(F)c1-c1c(Cl)c(F)cc3c1[C@H](C)[C@@](CNC1CCC(C)(O)CC1)(c1ccccc1)O3)CCC2. The van der Waals surface area contributed by atoms with Gasteiger partial charge in [-0.25, -0.2) is 8.78 Å². The van der Waals surface area contributed by atoms with Crippen molar-refractivity contribution in [3.05, 3.63) is 86.9 Å². The summed E-state index contributed by atoms with van der Waals surface area (Å²) < 4.78 is 38.8. The zero-order valence-electron chi connectivity index (χ0n) is 24.3. The average molecular weight is 595 g/mol. The molecule has 1 saturated carbocycles. The van der Waals surface area contributed by atoms with Crippen LogP contribution in [0.4, 0.5) is 8.78 Å². The fourth-order valence-corrected chi connectivity index (χ4v) is 7.46. The second kappa shape index (κ2) is 10.9. The van der Waals surface area contributed by atoms with Crippen molar-refractivity contribution in [2.45, 2.75) is 82.0 Å². The van der Waals surface area contributed by atoms with Crippen LogP contribution in [0.2, 0.25) is 5.02 Å². The number of halogens is 3. The molecule has 0 bridgehead atoms. The Morgan fingerprint density at radius 2 is 1.83 bits per heavy atom. The maximum Gasteiger partial charge on any atom is 0.251 e. The molecule has 0 unspecified atom stereocenters. The summed E-state index contributed by atoms with van der Waals surface area (Å²) >= 11 is 6.72. The summed E-state index contributed by atoms with van der Waals surface area (Å²) in [5.41, 5.74) is 1.58. The summed E-state index contributed by atoms with van der Waals surface area (Å²) in [7, 11) is 1.50. The van der Waals surface area contributed by atoms with Gasteiger partial charge in [-0.2, -0.15) is 0 Å². The molecule has 2 aliphatic carbocycles. The molecule has 0 aromatic heterocycles. The van der Waals surface area contributed by atoms with E-state index >= 15 is 8.78 Å². The third-order valence-corrected chi connectivity index (χ3v) is 10.0. The molecule has 8 heteroatoms. The van der Waals surface area contributed by atoms with Gasteiger partial charge in [0, 0.05) is 48.3 Å². The van der Waals surface area contributed by atoms with E-state index in [4.69, 9.17) is 16.3 Å². The highest BCUT2D eigenvalue weighted by Gasteiger charge is 2.50. The molecule has 0 spiro atoms. The molecule has 1 fully saturated rings. The monoisotopic (exact) mass is 594 g/mol. The van der Waals surface area contributed by atoms with Gasteiger partial charge in [-0.1, -0.05) is 48.9 Å². The van der Waals surface area contributed by atoms with Crippen LogP contribution in [-0.2, 0) is 18.4 Å². The van der Waals surface area contributed by atoms with Gasteiger partial charge in [0.05, 0.1) is 16.2 Å². The fourth-order valence-electron chi connectivity index (χ4n) is 7.20. The van der Waals surface area contributed by atoms with Crippen LogP contribution in [-0.4, -0.2) is 36.2 Å². The van der Waals surface area contributed by atoms with E-state index in [2.05, 4.69) is 10.6 Å². The number of benzene rings is 3. The van der Waals surface area contributed by atoms with Crippen molar-refractivity contribution in [1.82, 2.24) is 10.6 Å². The summed E-state index contributed by atoms with van der Waals surface area (Å²) in [5, 5.41) is 16.5. The summed E-state index contributed by atoms with van der Waals surface area (Å²) in [6.07, 6.45) is 5.06. The number of hydrogen-bond acceptors (Lipinski definition) is 4. The molecule has 1 aliphatic heterocycles. The molecule has 3 aliphatic rings. The minimum atomic E-state index is -0.949. The Morgan fingerprint density at radius 3 is 2.52 bits per heavy atom. The molecule has 3 aromatic rings. The van der Waals surface area contributed by atoms with Gasteiger partial charge in [0.2, 0.25) is 0 Å². The summed E-state index contributed by atoms with van der Waals surface area (Å²) in [4.78, 5) is 13.1. The number of carbonyl (C=O) groups is 1. The lowest BCUT2D eigenvalue weighted by atomic mass is 9.76. The highest BCUT2D eigenvalue weighted by molar-refractivity contribution is 6.34. The number of rotatable bonds is 6. The predicted octanol–water partition coefficient (Wildman–Crippen LogP) is 6.81. The van der Waals surface area contributed by atoms with Gasteiger partial charge in [0.1, 0.15) is 17.4 Å². The van der Waals surface area contributed by atoms with Gasteiger partial charge in [-0.15, -0.1) is 0 Å². The van der Waals surface area contributed by atoms with E-state index in [1.165, 1.54) is 13.1 Å². The van der Waals surface area contributed by atoms with E-state index in [0.29, 0.717) is 49.1 Å². The predicted molar refractivity (Wildman–Crippen MR) is 160 cm³/mol. The molecular formula is C34H37ClF2N2O3. The third kappa shape index (κ3) is 4.80. The first-order valence-electron chi connectivity index (χ1n) is 14.8. The van der Waals surface area contributed by atoms with Crippen LogP contribution in [0.1, 0.15) is 84.5 Å². The molecular weight excluding hydrogens is 558 g/mol. The first-order chi connectivity index (χ1) is 20.1. The summed E-state index contributed by atoms with van der Waals surface area (Å²) in [6.45, 7) is 4.28. The maximum absolute atomic E-state index is 16.5. The zero-order valence-corrected chi connectivity index (χ0v) is 25.0. The molecule has 1 amide bonds. The lowest BCUT2D eigenvalue weighted by Crippen LogP contribution is -2.49. The van der Waals surface area contributed by atoms with Crippen molar-refractivity contribution in [3.8, 4) is 16.9 Å². The topological polar surface area (TPSA) is 70.6 Å². The average Bonchev–Trinajstić information content (AvgIpc) is 3.57. The largest absolute Gasteiger partial charge is 0.480 e. The lowest BCUT2D eigenvalue weighted by Gasteiger charge is -2.38. The second-order valence-electron chi connectivity index (χ2n) is 12.4. The standard InChI is InChI=1S/C34H37ClF2N2O3/c1-19-27-26(42-34(19,21-9-5-4-6-10-21)18-39-22-12-14-33(2,41)15-13-22)17-25(36)30(35)29(27)28-24(32(40)38-3)16-20-8-7-11-23(20)31(28)37/h4-6,9-10,16-17,19,22,39,41H,7-8,11-15,18H2,1-3H3,(H,38,40)/t19-,22?,33?,34-/m0/s1. The van der Waals surface area contributed by atoms with Gasteiger partial charge in [-0.3, -0.25) is 4.79 Å². The summed E-state index contributed by atoms with van der Waals surface area (Å²) in [6, 6.07) is 13.0. The minimum absolute atomic E-state index is 0.0255. The molecule has 6 rings (SSSR count). The Hall–Kier alpha value is -3.00. The van der Waals surface area contributed by atoms with Gasteiger partial charge >= 0.3 is 0 Å². The number of nitrogens with one attached hydrogen (secondary N) is 2. The molecule has 222 valence electrons. The molecule has 5 nitrogen and oxygen atoms in total.